The van der Waals surface area contributed by atoms with Crippen LogP contribution in [-0.2, 0) is 19.6 Å². The Labute approximate surface area is 156 Å². The minimum absolute atomic E-state index is 0. The van der Waals surface area contributed by atoms with E-state index in [0.717, 1.165) is 7.11 Å². The number of ether oxygens (including phenoxy) is 3. The van der Waals surface area contributed by atoms with E-state index in [9.17, 15) is 22.6 Å². The summed E-state index contributed by atoms with van der Waals surface area (Å²) in [5.74, 6) is -1.76. The van der Waals surface area contributed by atoms with Crippen molar-refractivity contribution >= 4 is 22.1 Å². The second-order valence-corrected chi connectivity index (χ2v) is 5.68. The molecule has 0 aromatic heterocycles. The number of carbonyl (C=O) groups is 2. The van der Waals surface area contributed by atoms with Gasteiger partial charge < -0.3 is 18.8 Å². The van der Waals surface area contributed by atoms with Gasteiger partial charge in [0.1, 0.15) is 5.75 Å². The molecule has 0 saturated heterocycles. The predicted molar refractivity (Wildman–Crippen MR) is 73.8 cm³/mol. The van der Waals surface area contributed by atoms with Gasteiger partial charge in [-0.3, -0.25) is 0 Å². The van der Waals surface area contributed by atoms with E-state index in [4.69, 9.17) is 4.74 Å². The zero-order valence-electron chi connectivity index (χ0n) is 13.0. The molecule has 0 radical (unpaired) electrons. The van der Waals surface area contributed by atoms with E-state index < -0.39 is 27.8 Å². The smallest absolute Gasteiger partial charge is 0.748 e. The van der Waals surface area contributed by atoms with Gasteiger partial charge in [-0.15, -0.1) is 0 Å². The van der Waals surface area contributed by atoms with E-state index >= 15 is 0 Å². The molecule has 0 aliphatic rings. The number of rotatable bonds is 7. The first-order valence-corrected chi connectivity index (χ1v) is 7.73. The van der Waals surface area contributed by atoms with Crippen molar-refractivity contribution in [3.8, 4) is 5.75 Å². The molecule has 8 nitrogen and oxygen atoms in total. The van der Waals surface area contributed by atoms with Crippen LogP contribution >= 0.6 is 0 Å². The Balaban J connectivity index is 0.00000484. The van der Waals surface area contributed by atoms with Gasteiger partial charge in [-0.05, 0) is 24.6 Å². The maximum Gasteiger partial charge on any atom is 1.00 e. The van der Waals surface area contributed by atoms with Crippen LogP contribution in [0.25, 0.3) is 0 Å². The Morgan fingerprint density at radius 1 is 1.09 bits per heavy atom. The van der Waals surface area contributed by atoms with Gasteiger partial charge in [0.25, 0.3) is 0 Å². The zero-order chi connectivity index (χ0) is 16.8. The van der Waals surface area contributed by atoms with Crippen LogP contribution in [0.4, 0.5) is 0 Å². The number of carbonyl (C=O) groups excluding carboxylic acids is 2. The molecular formula is C13H15NaO8S. The molecule has 23 heavy (non-hydrogen) atoms. The van der Waals surface area contributed by atoms with Gasteiger partial charge in [-0.2, -0.15) is 0 Å². The Morgan fingerprint density at radius 3 is 2.17 bits per heavy atom. The van der Waals surface area contributed by atoms with E-state index in [1.165, 1.54) is 25.3 Å². The first-order chi connectivity index (χ1) is 10.3. The van der Waals surface area contributed by atoms with E-state index in [2.05, 4.69) is 9.47 Å². The predicted octanol–water partition coefficient (Wildman–Crippen LogP) is -2.42. The van der Waals surface area contributed by atoms with Crippen LogP contribution < -0.4 is 34.3 Å². The Bertz CT molecular complexity index is 656. The van der Waals surface area contributed by atoms with Crippen molar-refractivity contribution < 1.29 is 66.3 Å². The van der Waals surface area contributed by atoms with Gasteiger partial charge in [0.05, 0.1) is 42.1 Å². The van der Waals surface area contributed by atoms with Gasteiger partial charge in [0, 0.05) is 5.75 Å². The summed E-state index contributed by atoms with van der Waals surface area (Å²) in [4.78, 5) is 23.2. The number of hydrogen-bond donors (Lipinski definition) is 0. The van der Waals surface area contributed by atoms with Crippen molar-refractivity contribution in [2.24, 2.45) is 0 Å². The summed E-state index contributed by atoms with van der Waals surface area (Å²) < 4.78 is 45.7. The molecule has 0 heterocycles. The average molecular weight is 354 g/mol. The molecule has 122 valence electrons. The van der Waals surface area contributed by atoms with Crippen LogP contribution in [0.2, 0.25) is 0 Å². The standard InChI is InChI=1S/C13H16O8S.Na/c1-19-12(14)10-5-4-9(8-11(10)13(15)20-2)21-6-3-7-22(16,17)18;/h4-5,8H,3,6-7H2,1-2H3,(H,16,17,18);/q;+1/p-1. The largest absolute Gasteiger partial charge is 1.00 e. The molecule has 0 bridgehead atoms. The second-order valence-electron chi connectivity index (χ2n) is 4.15. The van der Waals surface area contributed by atoms with Crippen molar-refractivity contribution in [3.63, 3.8) is 0 Å². The molecule has 1 aromatic rings. The summed E-state index contributed by atoms with van der Waals surface area (Å²) in [7, 11) is -1.95. The van der Waals surface area contributed by atoms with Gasteiger partial charge >= 0.3 is 41.5 Å². The monoisotopic (exact) mass is 354 g/mol. The summed E-state index contributed by atoms with van der Waals surface area (Å²) in [6.07, 6.45) is 0.0120. The molecule has 0 amide bonds. The molecule has 0 unspecified atom stereocenters. The molecule has 0 aliphatic heterocycles. The fourth-order valence-corrected chi connectivity index (χ4v) is 2.08. The Morgan fingerprint density at radius 2 is 1.65 bits per heavy atom. The molecule has 10 heteroatoms. The van der Waals surface area contributed by atoms with Gasteiger partial charge in [0.2, 0.25) is 0 Å². The number of hydrogen-bond acceptors (Lipinski definition) is 8. The molecule has 0 fully saturated rings. The van der Waals surface area contributed by atoms with Crippen LogP contribution in [0.1, 0.15) is 27.1 Å². The SMILES string of the molecule is COC(=O)c1ccc(OCCCS(=O)(=O)[O-])cc1C(=O)OC.[Na+]. The molecule has 0 spiro atoms. The van der Waals surface area contributed by atoms with E-state index in [0.29, 0.717) is 0 Å². The van der Waals surface area contributed by atoms with Crippen LogP contribution in [0.15, 0.2) is 18.2 Å². The number of methoxy groups -OCH3 is 2. The summed E-state index contributed by atoms with van der Waals surface area (Å²) in [6, 6.07) is 4.03. The first-order valence-electron chi connectivity index (χ1n) is 6.15. The van der Waals surface area contributed by atoms with Crippen LogP contribution in [-0.4, -0.2) is 51.5 Å². The third-order valence-electron chi connectivity index (χ3n) is 2.61. The maximum absolute atomic E-state index is 11.7. The minimum atomic E-state index is -4.29. The number of esters is 2. The molecular weight excluding hydrogens is 339 g/mol. The van der Waals surface area contributed by atoms with Crippen LogP contribution in [0.3, 0.4) is 0 Å². The average Bonchev–Trinajstić information content (AvgIpc) is 2.48. The molecule has 0 saturated carbocycles. The Kier molecular flexibility index (Phi) is 9.40. The molecule has 1 rings (SSSR count). The van der Waals surface area contributed by atoms with E-state index in [1.807, 2.05) is 0 Å². The number of benzene rings is 1. The van der Waals surface area contributed by atoms with E-state index in [-0.39, 0.29) is 59.5 Å². The van der Waals surface area contributed by atoms with Crippen LogP contribution in [0, 0.1) is 0 Å². The van der Waals surface area contributed by atoms with Gasteiger partial charge in [0.15, 0.2) is 0 Å². The molecule has 0 N–H and O–H groups in total. The van der Waals surface area contributed by atoms with Gasteiger partial charge in [-0.25, -0.2) is 18.0 Å². The fourth-order valence-electron chi connectivity index (χ4n) is 1.61. The zero-order valence-corrected chi connectivity index (χ0v) is 15.8. The molecule has 1 aromatic carbocycles. The molecule has 0 aliphatic carbocycles. The summed E-state index contributed by atoms with van der Waals surface area (Å²) in [5, 5.41) is 0. The van der Waals surface area contributed by atoms with E-state index in [1.54, 1.807) is 0 Å². The third-order valence-corrected chi connectivity index (χ3v) is 3.40. The topological polar surface area (TPSA) is 119 Å². The van der Waals surface area contributed by atoms with Crippen molar-refractivity contribution in [1.29, 1.82) is 0 Å². The maximum atomic E-state index is 11.7. The van der Waals surface area contributed by atoms with Crippen molar-refractivity contribution in [1.82, 2.24) is 0 Å². The third kappa shape index (κ3) is 7.32. The first kappa shape index (κ1) is 21.9. The van der Waals surface area contributed by atoms with Crippen LogP contribution in [0.5, 0.6) is 5.75 Å². The molecule has 0 atom stereocenters. The summed E-state index contributed by atoms with van der Waals surface area (Å²) >= 11 is 0. The Hall–Kier alpha value is -1.13. The fraction of sp³-hybridized carbons (Fsp3) is 0.385. The van der Waals surface area contributed by atoms with Gasteiger partial charge in [-0.1, -0.05) is 0 Å². The summed E-state index contributed by atoms with van der Waals surface area (Å²) in [6.45, 7) is -0.0281. The second kappa shape index (κ2) is 9.89. The minimum Gasteiger partial charge on any atom is -0.748 e. The van der Waals surface area contributed by atoms with Crippen molar-refractivity contribution in [2.45, 2.75) is 6.42 Å². The quantitative estimate of drug-likeness (QED) is 0.230. The van der Waals surface area contributed by atoms with Crippen molar-refractivity contribution in [2.75, 3.05) is 26.6 Å². The normalized spacial score (nSPS) is 10.4. The van der Waals surface area contributed by atoms with Crippen molar-refractivity contribution in [3.05, 3.63) is 29.3 Å². The summed E-state index contributed by atoms with van der Waals surface area (Å²) in [5.41, 5.74) is -0.0212.